The third kappa shape index (κ3) is 4.78. The molecule has 1 saturated heterocycles. The van der Waals surface area contributed by atoms with E-state index < -0.39 is 17.7 Å². The molecule has 192 valence electrons. The molecule has 37 heavy (non-hydrogen) atoms. The lowest BCUT2D eigenvalue weighted by molar-refractivity contribution is -0.139. The fourth-order valence-electron chi connectivity index (χ4n) is 5.19. The van der Waals surface area contributed by atoms with Crippen LogP contribution in [0.15, 0.2) is 66.8 Å². The number of aromatic nitrogens is 2. The smallest absolute Gasteiger partial charge is 0.295 e. The molecule has 3 aromatic rings. The minimum atomic E-state index is -0.666. The van der Waals surface area contributed by atoms with Gasteiger partial charge in [0.1, 0.15) is 17.6 Å². The lowest BCUT2D eigenvalue weighted by Crippen LogP contribution is -2.31. The molecule has 7 heteroatoms. The second-order valence-corrected chi connectivity index (χ2v) is 11.0. The van der Waals surface area contributed by atoms with Crippen molar-refractivity contribution in [2.45, 2.75) is 64.6 Å². The van der Waals surface area contributed by atoms with Gasteiger partial charge in [0.05, 0.1) is 17.9 Å². The van der Waals surface area contributed by atoms with Crippen LogP contribution in [0.25, 0.3) is 5.76 Å². The average Bonchev–Trinajstić information content (AvgIpc) is 3.57. The van der Waals surface area contributed by atoms with Gasteiger partial charge >= 0.3 is 0 Å². The number of rotatable bonds is 6. The second-order valence-electron chi connectivity index (χ2n) is 11.0. The molecule has 1 aromatic heterocycles. The number of aryl methyl sites for hydroxylation is 1. The Morgan fingerprint density at radius 2 is 1.86 bits per heavy atom. The molecule has 0 bridgehead atoms. The van der Waals surface area contributed by atoms with E-state index in [0.717, 1.165) is 28.9 Å². The number of aliphatic hydroxyl groups excluding tert-OH is 1. The number of benzene rings is 2. The summed E-state index contributed by atoms with van der Waals surface area (Å²) in [6.45, 7) is 9.46. The fourth-order valence-corrected chi connectivity index (χ4v) is 5.19. The molecule has 1 N–H and O–H groups in total. The van der Waals surface area contributed by atoms with Crippen molar-refractivity contribution in [3.05, 3.63) is 89.0 Å². The Kier molecular flexibility index (Phi) is 6.40. The number of carbonyl (C=O) groups excluding carboxylic acids is 2. The first kappa shape index (κ1) is 24.8. The molecule has 1 amide bonds. The highest BCUT2D eigenvalue weighted by atomic mass is 16.5. The van der Waals surface area contributed by atoms with E-state index in [9.17, 15) is 14.7 Å². The number of ketones is 1. The molecule has 0 spiro atoms. The van der Waals surface area contributed by atoms with E-state index >= 15 is 0 Å². The maximum Gasteiger partial charge on any atom is 0.295 e. The number of hydrogen-bond acceptors (Lipinski definition) is 5. The summed E-state index contributed by atoms with van der Waals surface area (Å²) in [7, 11) is 0. The Morgan fingerprint density at radius 1 is 1.11 bits per heavy atom. The van der Waals surface area contributed by atoms with Crippen molar-refractivity contribution >= 4 is 17.4 Å². The second kappa shape index (κ2) is 9.54. The summed E-state index contributed by atoms with van der Waals surface area (Å²) in [5.74, 6) is -0.605. The highest BCUT2D eigenvalue weighted by Crippen LogP contribution is 2.41. The molecule has 7 nitrogen and oxygen atoms in total. The maximum absolute atomic E-state index is 13.4. The first-order valence-corrected chi connectivity index (χ1v) is 12.8. The number of Topliss-reactive ketones (excluding diaryl/α,β-unsaturated/α-hetero) is 1. The van der Waals surface area contributed by atoms with Crippen molar-refractivity contribution in [2.24, 2.45) is 0 Å². The number of amides is 1. The Hall–Kier alpha value is -3.87. The Balaban J connectivity index is 1.54. The van der Waals surface area contributed by atoms with E-state index in [1.165, 1.54) is 0 Å². The van der Waals surface area contributed by atoms with E-state index in [2.05, 4.69) is 25.8 Å². The maximum atomic E-state index is 13.4. The number of fused-ring (bicyclic) bond motifs is 1. The zero-order valence-corrected chi connectivity index (χ0v) is 21.8. The number of likely N-dealkylation sites (tertiary alicyclic amines) is 1. The molecule has 5 rings (SSSR count). The average molecular weight is 500 g/mol. The molecule has 2 unspecified atom stereocenters. The van der Waals surface area contributed by atoms with Gasteiger partial charge in [-0.1, -0.05) is 45.0 Å². The number of imidazole rings is 1. The van der Waals surface area contributed by atoms with Crippen molar-refractivity contribution in [1.82, 2.24) is 14.5 Å². The Morgan fingerprint density at radius 3 is 2.54 bits per heavy atom. The summed E-state index contributed by atoms with van der Waals surface area (Å²) < 4.78 is 7.73. The van der Waals surface area contributed by atoms with Crippen LogP contribution in [0.4, 0.5) is 0 Å². The molecule has 3 heterocycles. The topological polar surface area (TPSA) is 84.7 Å². The molecular formula is C30H33N3O4. The number of hydrogen-bond donors (Lipinski definition) is 1. The van der Waals surface area contributed by atoms with Crippen LogP contribution in [0.2, 0.25) is 0 Å². The highest BCUT2D eigenvalue weighted by Gasteiger charge is 2.46. The van der Waals surface area contributed by atoms with Gasteiger partial charge in [-0.25, -0.2) is 4.98 Å². The van der Waals surface area contributed by atoms with Crippen LogP contribution in [0.1, 0.15) is 62.4 Å². The fraction of sp³-hybridized carbons (Fsp3) is 0.367. The van der Waals surface area contributed by atoms with Crippen molar-refractivity contribution in [3.63, 3.8) is 0 Å². The van der Waals surface area contributed by atoms with Crippen molar-refractivity contribution in [2.75, 3.05) is 6.54 Å². The largest absolute Gasteiger partial charge is 0.507 e. The molecule has 2 aliphatic rings. The van der Waals surface area contributed by atoms with Crippen LogP contribution >= 0.6 is 0 Å². The molecule has 2 aromatic carbocycles. The van der Waals surface area contributed by atoms with Gasteiger partial charge in [0, 0.05) is 37.5 Å². The highest BCUT2D eigenvalue weighted by molar-refractivity contribution is 6.46. The van der Waals surface area contributed by atoms with Gasteiger partial charge in [0.2, 0.25) is 0 Å². The third-order valence-electron chi connectivity index (χ3n) is 7.18. The van der Waals surface area contributed by atoms with Gasteiger partial charge in [0.15, 0.2) is 0 Å². The van der Waals surface area contributed by atoms with Gasteiger partial charge < -0.3 is 19.3 Å². The predicted octanol–water partition coefficient (Wildman–Crippen LogP) is 5.02. The standard InChI is InChI=1S/C30H33N3O4/c1-19-16-22-17-21(8-11-24(22)37-19)27(34)25-26(20-6-9-23(10-7-20)30(2,3)4)33(29(36)28(25)35)14-5-13-32-15-12-31-18-32/h6-12,15,17-19,26,34H,5,13-14,16H2,1-4H3. The Bertz CT molecular complexity index is 1350. The summed E-state index contributed by atoms with van der Waals surface area (Å²) >= 11 is 0. The van der Waals surface area contributed by atoms with Crippen molar-refractivity contribution < 1.29 is 19.4 Å². The molecule has 2 atom stereocenters. The molecule has 1 fully saturated rings. The van der Waals surface area contributed by atoms with E-state index in [4.69, 9.17) is 4.74 Å². The number of aliphatic hydroxyl groups is 1. The lowest BCUT2D eigenvalue weighted by atomic mass is 9.85. The number of ether oxygens (including phenoxy) is 1. The quantitative estimate of drug-likeness (QED) is 0.293. The zero-order valence-electron chi connectivity index (χ0n) is 21.8. The van der Waals surface area contributed by atoms with Crippen LogP contribution in [0.3, 0.4) is 0 Å². The normalized spacial score (nSPS) is 20.8. The van der Waals surface area contributed by atoms with Gasteiger partial charge in [-0.05, 0) is 53.6 Å². The van der Waals surface area contributed by atoms with E-state index in [1.807, 2.05) is 54.1 Å². The summed E-state index contributed by atoms with van der Waals surface area (Å²) in [5, 5.41) is 11.4. The van der Waals surface area contributed by atoms with Gasteiger partial charge in [0.25, 0.3) is 11.7 Å². The third-order valence-corrected chi connectivity index (χ3v) is 7.18. The molecule has 2 aliphatic heterocycles. The van der Waals surface area contributed by atoms with E-state index in [-0.39, 0.29) is 22.9 Å². The first-order chi connectivity index (χ1) is 17.6. The SMILES string of the molecule is CC1Cc2cc(C(O)=C3C(=O)C(=O)N(CCCn4ccnc4)C3c3ccc(C(C)(C)C)cc3)ccc2O1. The van der Waals surface area contributed by atoms with Crippen LogP contribution in [-0.4, -0.2) is 43.9 Å². The van der Waals surface area contributed by atoms with Crippen LogP contribution in [0, 0.1) is 0 Å². The molecular weight excluding hydrogens is 466 g/mol. The van der Waals surface area contributed by atoms with Gasteiger partial charge in [-0.15, -0.1) is 0 Å². The van der Waals surface area contributed by atoms with Crippen LogP contribution in [0.5, 0.6) is 5.75 Å². The number of carbonyl (C=O) groups is 2. The van der Waals surface area contributed by atoms with Gasteiger partial charge in [-0.3, -0.25) is 9.59 Å². The lowest BCUT2D eigenvalue weighted by Gasteiger charge is -2.26. The van der Waals surface area contributed by atoms with E-state index in [1.54, 1.807) is 23.5 Å². The van der Waals surface area contributed by atoms with Crippen molar-refractivity contribution in [1.29, 1.82) is 0 Å². The minimum absolute atomic E-state index is 0.0330. The predicted molar refractivity (Wildman–Crippen MR) is 141 cm³/mol. The minimum Gasteiger partial charge on any atom is -0.507 e. The summed E-state index contributed by atoms with van der Waals surface area (Å²) in [6, 6.07) is 12.8. The number of nitrogens with zero attached hydrogens (tertiary/aromatic N) is 3. The first-order valence-electron chi connectivity index (χ1n) is 12.8. The van der Waals surface area contributed by atoms with Crippen LogP contribution < -0.4 is 4.74 Å². The van der Waals surface area contributed by atoms with E-state index in [0.29, 0.717) is 25.1 Å². The Labute approximate surface area is 217 Å². The summed E-state index contributed by atoms with van der Waals surface area (Å²) in [4.78, 5) is 32.3. The molecule has 0 saturated carbocycles. The monoisotopic (exact) mass is 499 g/mol. The van der Waals surface area contributed by atoms with Crippen molar-refractivity contribution in [3.8, 4) is 5.75 Å². The van der Waals surface area contributed by atoms with Gasteiger partial charge in [-0.2, -0.15) is 0 Å². The van der Waals surface area contributed by atoms with Crippen LogP contribution in [-0.2, 0) is 28.0 Å². The summed E-state index contributed by atoms with van der Waals surface area (Å²) in [6.07, 6.45) is 6.76. The zero-order chi connectivity index (χ0) is 26.3. The summed E-state index contributed by atoms with van der Waals surface area (Å²) in [5.41, 5.74) is 3.55. The molecule has 0 aliphatic carbocycles. The molecule has 0 radical (unpaired) electrons.